The molecule has 9 heteroatoms. The molecule has 2 heterocycles. The Morgan fingerprint density at radius 3 is 2.74 bits per heavy atom. The maximum Gasteiger partial charge on any atom is 0.271 e. The lowest BCUT2D eigenvalue weighted by molar-refractivity contribution is -0.384. The van der Waals surface area contributed by atoms with Crippen LogP contribution in [0.3, 0.4) is 0 Å². The Bertz CT molecular complexity index is 1300. The number of furan rings is 1. The summed E-state index contributed by atoms with van der Waals surface area (Å²) in [6.07, 6.45) is 0.858. The Morgan fingerprint density at radius 2 is 2.09 bits per heavy atom. The summed E-state index contributed by atoms with van der Waals surface area (Å²) in [5, 5.41) is 22.3. The average molecular weight is 479 g/mol. The number of aryl methyl sites for hydroxylation is 1. The van der Waals surface area contributed by atoms with E-state index in [9.17, 15) is 20.2 Å². The van der Waals surface area contributed by atoms with E-state index in [1.54, 1.807) is 17.0 Å². The Labute approximate surface area is 202 Å². The third-order valence-electron chi connectivity index (χ3n) is 6.11. The van der Waals surface area contributed by atoms with Gasteiger partial charge in [-0.05, 0) is 36.6 Å². The first-order valence-electron chi connectivity index (χ1n) is 11.0. The van der Waals surface area contributed by atoms with Gasteiger partial charge in [0.25, 0.3) is 5.69 Å². The van der Waals surface area contributed by atoms with Crippen LogP contribution in [0.15, 0.2) is 62.5 Å². The maximum atomic E-state index is 13.6. The number of Topliss-reactive ketones (excluding diaryl/α,β-unsaturated/α-hetero) is 1. The highest BCUT2D eigenvalue weighted by atomic mass is 32.2. The molecule has 1 unspecified atom stereocenters. The lowest BCUT2D eigenvalue weighted by Gasteiger charge is -2.43. The number of nitrogens with zero attached hydrogens (tertiary/aromatic N) is 3. The molecule has 0 fully saturated rings. The zero-order valence-electron chi connectivity index (χ0n) is 19.5. The molecule has 0 bridgehead atoms. The van der Waals surface area contributed by atoms with Crippen LogP contribution in [-0.4, -0.2) is 16.5 Å². The molecule has 8 nitrogen and oxygen atoms in total. The smallest absolute Gasteiger partial charge is 0.271 e. The first-order valence-corrected chi connectivity index (χ1v) is 12.0. The molecule has 0 saturated heterocycles. The zero-order chi connectivity index (χ0) is 24.8. The van der Waals surface area contributed by atoms with E-state index < -0.39 is 10.8 Å². The van der Waals surface area contributed by atoms with E-state index in [0.29, 0.717) is 40.7 Å². The molecule has 34 heavy (non-hydrogen) atoms. The molecule has 176 valence electrons. The minimum Gasteiger partial charge on any atom is -0.455 e. The average Bonchev–Trinajstić information content (AvgIpc) is 3.12. The number of hydrogen-bond acceptors (Lipinski definition) is 8. The first kappa shape index (κ1) is 23.6. The zero-order valence-corrected chi connectivity index (χ0v) is 20.4. The van der Waals surface area contributed by atoms with Gasteiger partial charge in [-0.15, -0.1) is 0 Å². The van der Waals surface area contributed by atoms with Gasteiger partial charge in [0.2, 0.25) is 0 Å². The molecule has 0 saturated carbocycles. The van der Waals surface area contributed by atoms with Crippen molar-refractivity contribution in [1.82, 2.24) is 0 Å². The molecule has 2 N–H and O–H groups in total. The normalized spacial score (nSPS) is 19.8. The molecule has 0 amide bonds. The van der Waals surface area contributed by atoms with Crippen LogP contribution in [0.5, 0.6) is 0 Å². The van der Waals surface area contributed by atoms with Crippen LogP contribution in [0.25, 0.3) is 0 Å². The fourth-order valence-electron chi connectivity index (χ4n) is 4.82. The van der Waals surface area contributed by atoms with E-state index in [2.05, 4.69) is 6.07 Å². The van der Waals surface area contributed by atoms with Gasteiger partial charge in [0.15, 0.2) is 10.9 Å². The number of non-ortho nitro benzene ring substituents is 1. The van der Waals surface area contributed by atoms with Crippen LogP contribution in [0, 0.1) is 33.8 Å². The molecule has 1 aromatic carbocycles. The third-order valence-corrected chi connectivity index (χ3v) is 6.98. The second kappa shape index (κ2) is 8.69. The number of rotatable bonds is 5. The highest BCUT2D eigenvalue weighted by Crippen LogP contribution is 2.52. The van der Waals surface area contributed by atoms with Crippen molar-refractivity contribution in [3.05, 3.63) is 74.4 Å². The largest absolute Gasteiger partial charge is 0.455 e. The standard InChI is InChI=1S/C25H26N4O4S/c1-5-34-24-17(9-14(2)33-24)21-18(13-26)23(27)28(15-7-6-8-16(10-15)29(31)32)19-11-25(3,4)12-20(30)22(19)21/h6-10,21H,5,11-12,27H2,1-4H3. The SMILES string of the molecule is CCSc1oc(C)cc1C1C(C#N)=C(N)N(c2cccc([N+](=O)[O-])c2)C2=C1C(=O)CC(C)(C)C2. The number of carbonyl (C=O) groups is 1. The van der Waals surface area contributed by atoms with Crippen LogP contribution in [0.1, 0.15) is 50.9 Å². The topological polar surface area (TPSA) is 126 Å². The van der Waals surface area contributed by atoms with Crippen molar-refractivity contribution in [2.45, 2.75) is 51.5 Å². The number of thioether (sulfide) groups is 1. The second-order valence-electron chi connectivity index (χ2n) is 9.29. The van der Waals surface area contributed by atoms with E-state index in [4.69, 9.17) is 10.2 Å². The molecular formula is C25H26N4O4S. The number of carbonyl (C=O) groups excluding carboxylic acids is 1. The molecule has 0 radical (unpaired) electrons. The number of anilines is 1. The van der Waals surface area contributed by atoms with E-state index in [-0.39, 0.29) is 28.3 Å². The highest BCUT2D eigenvalue weighted by Gasteiger charge is 2.46. The minimum absolute atomic E-state index is 0.0572. The Hall–Kier alpha value is -3.51. The number of nitriles is 1. The van der Waals surface area contributed by atoms with Crippen molar-refractivity contribution in [3.63, 3.8) is 0 Å². The number of nitro groups is 1. The fraction of sp³-hybridized carbons (Fsp3) is 0.360. The second-order valence-corrected chi connectivity index (χ2v) is 10.5. The molecule has 2 aliphatic rings. The summed E-state index contributed by atoms with van der Waals surface area (Å²) in [5.74, 6) is 0.918. The van der Waals surface area contributed by atoms with Gasteiger partial charge >= 0.3 is 0 Å². The number of nitro benzene ring substituents is 1. The predicted octanol–water partition coefficient (Wildman–Crippen LogP) is 5.55. The molecule has 1 aliphatic heterocycles. The van der Waals surface area contributed by atoms with Crippen LogP contribution in [-0.2, 0) is 4.79 Å². The lowest BCUT2D eigenvalue weighted by Crippen LogP contribution is -2.42. The van der Waals surface area contributed by atoms with E-state index in [1.807, 2.05) is 33.8 Å². The molecule has 4 rings (SSSR count). The number of benzene rings is 1. The van der Waals surface area contributed by atoms with Crippen LogP contribution >= 0.6 is 11.8 Å². The Kier molecular flexibility index (Phi) is 6.04. The summed E-state index contributed by atoms with van der Waals surface area (Å²) in [6.45, 7) is 7.86. The molecule has 0 spiro atoms. The van der Waals surface area contributed by atoms with E-state index >= 15 is 0 Å². The van der Waals surface area contributed by atoms with Crippen molar-refractivity contribution >= 4 is 28.9 Å². The maximum absolute atomic E-state index is 13.6. The summed E-state index contributed by atoms with van der Waals surface area (Å²) in [5.41, 5.74) is 8.81. The van der Waals surface area contributed by atoms with Gasteiger partial charge in [0, 0.05) is 35.4 Å². The van der Waals surface area contributed by atoms with Crippen LogP contribution < -0.4 is 10.6 Å². The van der Waals surface area contributed by atoms with Crippen LogP contribution in [0.2, 0.25) is 0 Å². The number of allylic oxidation sites excluding steroid dienone is 3. The van der Waals surface area contributed by atoms with Gasteiger partial charge in [-0.1, -0.05) is 38.6 Å². The van der Waals surface area contributed by atoms with Crippen molar-refractivity contribution in [1.29, 1.82) is 5.26 Å². The van der Waals surface area contributed by atoms with Crippen molar-refractivity contribution in [2.24, 2.45) is 11.1 Å². The van der Waals surface area contributed by atoms with Crippen LogP contribution in [0.4, 0.5) is 11.4 Å². The van der Waals surface area contributed by atoms with Crippen molar-refractivity contribution in [2.75, 3.05) is 10.7 Å². The molecular weight excluding hydrogens is 452 g/mol. The monoisotopic (exact) mass is 478 g/mol. The van der Waals surface area contributed by atoms with E-state index in [1.165, 1.54) is 23.9 Å². The lowest BCUT2D eigenvalue weighted by atomic mass is 9.69. The molecule has 1 atom stereocenters. The summed E-state index contributed by atoms with van der Waals surface area (Å²) in [7, 11) is 0. The van der Waals surface area contributed by atoms with Gasteiger partial charge in [-0.3, -0.25) is 19.8 Å². The molecule has 1 aliphatic carbocycles. The molecule has 2 aromatic rings. The number of hydrogen-bond donors (Lipinski definition) is 1. The third kappa shape index (κ3) is 3.99. The first-order chi connectivity index (χ1) is 16.1. The quantitative estimate of drug-likeness (QED) is 0.337. The van der Waals surface area contributed by atoms with Gasteiger partial charge in [0.05, 0.1) is 28.2 Å². The summed E-state index contributed by atoms with van der Waals surface area (Å²) >= 11 is 1.51. The summed E-state index contributed by atoms with van der Waals surface area (Å²) in [6, 6.07) is 10.2. The van der Waals surface area contributed by atoms with Gasteiger partial charge in [0.1, 0.15) is 11.6 Å². The van der Waals surface area contributed by atoms with Crippen molar-refractivity contribution < 1.29 is 14.1 Å². The Balaban J connectivity index is 2.01. The Morgan fingerprint density at radius 1 is 1.35 bits per heavy atom. The van der Waals surface area contributed by atoms with Gasteiger partial charge in [-0.25, -0.2) is 0 Å². The number of ketones is 1. The van der Waals surface area contributed by atoms with Gasteiger partial charge in [-0.2, -0.15) is 5.26 Å². The van der Waals surface area contributed by atoms with E-state index in [0.717, 1.165) is 11.3 Å². The highest BCUT2D eigenvalue weighted by molar-refractivity contribution is 7.99. The molecule has 1 aromatic heterocycles. The summed E-state index contributed by atoms with van der Waals surface area (Å²) < 4.78 is 5.91. The van der Waals surface area contributed by atoms with Gasteiger partial charge < -0.3 is 10.2 Å². The summed E-state index contributed by atoms with van der Waals surface area (Å²) in [4.78, 5) is 26.2. The minimum atomic E-state index is -0.648. The number of nitrogens with two attached hydrogens (primary N) is 1. The fourth-order valence-corrected chi connectivity index (χ4v) is 5.61. The van der Waals surface area contributed by atoms with Crippen molar-refractivity contribution in [3.8, 4) is 6.07 Å². The predicted molar refractivity (Wildman–Crippen MR) is 130 cm³/mol.